The number of nitrogens with one attached hydrogen (secondary N) is 1. The number of rotatable bonds is 8. The van der Waals surface area contributed by atoms with E-state index in [0.717, 1.165) is 28.5 Å². The maximum atomic E-state index is 15.3. The maximum Gasteiger partial charge on any atom is 0.421 e. The van der Waals surface area contributed by atoms with Gasteiger partial charge in [0.05, 0.1) is 22.8 Å². The number of pyridine rings is 2. The smallest absolute Gasteiger partial charge is 0.421 e. The van der Waals surface area contributed by atoms with Gasteiger partial charge in [-0.25, -0.2) is 19.2 Å². The second kappa shape index (κ2) is 11.7. The molecule has 9 nitrogen and oxygen atoms in total. The van der Waals surface area contributed by atoms with Crippen LogP contribution in [0, 0.1) is 11.2 Å². The number of nitrogens with zero attached hydrogens (tertiary/aromatic N) is 4. The van der Waals surface area contributed by atoms with E-state index in [-0.39, 0.29) is 33.3 Å². The number of amides is 1. The standard InChI is InChI=1S/C26H20ClF4N5O4S/c1-13(2)36(23(37)19-4-3-15(27)11-33-19)20-9-18(28)21(8-16(20)24(38)39)40-22-17(26(29,30)31)7-14(10-34-22)12-35-5-6-41-25(35)32/h3-11,13,32H,12H2,1-2H3,(H,38,39). The highest BCUT2D eigenvalue weighted by atomic mass is 35.5. The van der Waals surface area contributed by atoms with E-state index >= 15 is 4.39 Å². The summed E-state index contributed by atoms with van der Waals surface area (Å²) in [7, 11) is 0. The highest BCUT2D eigenvalue weighted by Gasteiger charge is 2.37. The van der Waals surface area contributed by atoms with Crippen molar-refractivity contribution in [3.63, 3.8) is 0 Å². The number of aromatic carboxylic acids is 1. The summed E-state index contributed by atoms with van der Waals surface area (Å²) in [6, 6.07) is 4.17. The van der Waals surface area contributed by atoms with Crippen LogP contribution in [0.15, 0.2) is 54.3 Å². The second-order valence-electron chi connectivity index (χ2n) is 8.87. The summed E-state index contributed by atoms with van der Waals surface area (Å²) in [5, 5.41) is 19.5. The minimum absolute atomic E-state index is 0.0769. The topological polar surface area (TPSA) is 121 Å². The van der Waals surface area contributed by atoms with Crippen molar-refractivity contribution in [2.24, 2.45) is 0 Å². The first-order valence-corrected chi connectivity index (χ1v) is 13.0. The van der Waals surface area contributed by atoms with E-state index in [4.69, 9.17) is 21.7 Å². The number of hydrogen-bond donors (Lipinski definition) is 2. The van der Waals surface area contributed by atoms with E-state index in [0.29, 0.717) is 12.1 Å². The number of ether oxygens (including phenoxy) is 1. The van der Waals surface area contributed by atoms with Crippen molar-refractivity contribution in [3.05, 3.63) is 92.3 Å². The Bertz CT molecular complexity index is 1670. The molecule has 0 spiro atoms. The number of carbonyl (C=O) groups excluding carboxylic acids is 1. The Morgan fingerprint density at radius 3 is 2.49 bits per heavy atom. The van der Waals surface area contributed by atoms with E-state index in [1.165, 1.54) is 29.1 Å². The fourth-order valence-corrected chi connectivity index (χ4v) is 4.54. The van der Waals surface area contributed by atoms with Gasteiger partial charge in [0.1, 0.15) is 11.3 Å². The summed E-state index contributed by atoms with van der Waals surface area (Å²) in [6.45, 7) is 3.04. The summed E-state index contributed by atoms with van der Waals surface area (Å²) in [6.07, 6.45) is -1.13. The first-order chi connectivity index (χ1) is 19.3. The Morgan fingerprint density at radius 1 is 1.20 bits per heavy atom. The average molecular weight is 610 g/mol. The molecule has 0 atom stereocenters. The van der Waals surface area contributed by atoms with Crippen molar-refractivity contribution in [2.45, 2.75) is 32.6 Å². The number of anilines is 1. The molecule has 0 aliphatic carbocycles. The van der Waals surface area contributed by atoms with Gasteiger partial charge in [-0.1, -0.05) is 11.6 Å². The number of thiazole rings is 1. The molecule has 0 aliphatic rings. The molecule has 0 saturated carbocycles. The lowest BCUT2D eigenvalue weighted by molar-refractivity contribution is -0.139. The first-order valence-electron chi connectivity index (χ1n) is 11.7. The van der Waals surface area contributed by atoms with Gasteiger partial charge in [0.2, 0.25) is 5.88 Å². The normalized spacial score (nSPS) is 11.5. The van der Waals surface area contributed by atoms with Crippen LogP contribution in [0.2, 0.25) is 5.02 Å². The van der Waals surface area contributed by atoms with Gasteiger partial charge >= 0.3 is 12.1 Å². The minimum atomic E-state index is -4.96. The van der Waals surface area contributed by atoms with Crippen LogP contribution in [0.3, 0.4) is 0 Å². The highest BCUT2D eigenvalue weighted by Crippen LogP contribution is 2.39. The van der Waals surface area contributed by atoms with Crippen LogP contribution >= 0.6 is 22.9 Å². The minimum Gasteiger partial charge on any atom is -0.478 e. The number of carboxylic acids is 1. The zero-order chi connectivity index (χ0) is 30.1. The summed E-state index contributed by atoms with van der Waals surface area (Å²) in [5.74, 6) is -5.45. The molecule has 214 valence electrons. The lowest BCUT2D eigenvalue weighted by Gasteiger charge is -2.28. The molecule has 1 amide bonds. The van der Waals surface area contributed by atoms with Crippen molar-refractivity contribution in [2.75, 3.05) is 4.90 Å². The summed E-state index contributed by atoms with van der Waals surface area (Å²) in [4.78, 5) is 34.1. The number of carbonyl (C=O) groups is 2. The number of alkyl halides is 3. The highest BCUT2D eigenvalue weighted by molar-refractivity contribution is 7.06. The number of carboxylic acid groups (broad SMARTS) is 1. The number of hydrogen-bond acceptors (Lipinski definition) is 7. The van der Waals surface area contributed by atoms with Crippen molar-refractivity contribution >= 4 is 40.5 Å². The fourth-order valence-electron chi connectivity index (χ4n) is 3.83. The van der Waals surface area contributed by atoms with Crippen molar-refractivity contribution in [3.8, 4) is 11.6 Å². The van der Waals surface area contributed by atoms with Gasteiger partial charge in [-0.05, 0) is 37.6 Å². The molecule has 41 heavy (non-hydrogen) atoms. The molecule has 0 saturated heterocycles. The van der Waals surface area contributed by atoms with Gasteiger partial charge in [-0.15, -0.1) is 11.3 Å². The molecular formula is C26H20ClF4N5O4S. The SMILES string of the molecule is CC(C)N(C(=O)c1ccc(Cl)cn1)c1cc(F)c(Oc2ncc(Cn3ccsc3=N)cc2C(F)(F)F)cc1C(=O)O. The van der Waals surface area contributed by atoms with E-state index < -0.39 is 52.7 Å². The quantitative estimate of drug-likeness (QED) is 0.229. The zero-order valence-electron chi connectivity index (χ0n) is 21.2. The molecule has 0 unspecified atom stereocenters. The Kier molecular flexibility index (Phi) is 8.44. The zero-order valence-corrected chi connectivity index (χ0v) is 22.8. The predicted molar refractivity (Wildman–Crippen MR) is 141 cm³/mol. The monoisotopic (exact) mass is 609 g/mol. The molecule has 0 radical (unpaired) electrons. The van der Waals surface area contributed by atoms with Gasteiger partial charge in [0.15, 0.2) is 16.4 Å². The molecule has 3 aromatic heterocycles. The fraction of sp³-hybridized carbons (Fsp3) is 0.192. The van der Waals surface area contributed by atoms with Crippen LogP contribution in [-0.4, -0.2) is 37.6 Å². The first kappa shape index (κ1) is 29.7. The second-order valence-corrected chi connectivity index (χ2v) is 10.2. The van der Waals surface area contributed by atoms with E-state index in [9.17, 15) is 27.9 Å². The predicted octanol–water partition coefficient (Wildman–Crippen LogP) is 6.22. The summed E-state index contributed by atoms with van der Waals surface area (Å²) in [5.41, 5.74) is -2.30. The number of aromatic nitrogens is 3. The third-order valence-corrected chi connectivity index (χ3v) is 6.62. The van der Waals surface area contributed by atoms with Crippen molar-refractivity contribution in [1.29, 1.82) is 5.41 Å². The molecule has 2 N–H and O–H groups in total. The van der Waals surface area contributed by atoms with Gasteiger partial charge in [0, 0.05) is 42.1 Å². The molecule has 0 bridgehead atoms. The molecule has 0 fully saturated rings. The molecule has 15 heteroatoms. The lowest BCUT2D eigenvalue weighted by Crippen LogP contribution is -2.38. The van der Waals surface area contributed by atoms with Crippen LogP contribution < -0.4 is 14.4 Å². The molecule has 4 rings (SSSR count). The number of halogens is 5. The molecule has 3 heterocycles. The summed E-state index contributed by atoms with van der Waals surface area (Å²) >= 11 is 6.91. The molecular weight excluding hydrogens is 590 g/mol. The molecule has 0 aliphatic heterocycles. The maximum absolute atomic E-state index is 15.3. The van der Waals surface area contributed by atoms with Gasteiger partial charge in [-0.3, -0.25) is 10.2 Å². The Labute approximate surface area is 238 Å². The third-order valence-electron chi connectivity index (χ3n) is 5.68. The van der Waals surface area contributed by atoms with Gasteiger partial charge in [-0.2, -0.15) is 13.2 Å². The van der Waals surface area contributed by atoms with Crippen molar-refractivity contribution < 1.29 is 37.0 Å². The van der Waals surface area contributed by atoms with Gasteiger partial charge < -0.3 is 19.3 Å². The van der Waals surface area contributed by atoms with Crippen LogP contribution in [0.5, 0.6) is 11.6 Å². The molecule has 4 aromatic rings. The van der Waals surface area contributed by atoms with Crippen LogP contribution in [0.4, 0.5) is 23.2 Å². The lowest BCUT2D eigenvalue weighted by atomic mass is 10.1. The largest absolute Gasteiger partial charge is 0.478 e. The van der Waals surface area contributed by atoms with Crippen molar-refractivity contribution in [1.82, 2.24) is 14.5 Å². The van der Waals surface area contributed by atoms with E-state index in [2.05, 4.69) is 9.97 Å². The average Bonchev–Trinajstić information content (AvgIpc) is 3.29. The van der Waals surface area contributed by atoms with Gasteiger partial charge in [0.25, 0.3) is 5.91 Å². The number of benzene rings is 1. The van der Waals surface area contributed by atoms with Crippen LogP contribution in [-0.2, 0) is 12.7 Å². The van der Waals surface area contributed by atoms with E-state index in [1.54, 1.807) is 19.2 Å². The van der Waals surface area contributed by atoms with Crippen LogP contribution in [0.25, 0.3) is 0 Å². The third kappa shape index (κ3) is 6.55. The Hall–Kier alpha value is -4.30. The Balaban J connectivity index is 1.75. The van der Waals surface area contributed by atoms with Crippen LogP contribution in [0.1, 0.15) is 45.8 Å². The van der Waals surface area contributed by atoms with E-state index in [1.807, 2.05) is 0 Å². The molecule has 1 aromatic carbocycles. The Morgan fingerprint density at radius 2 is 1.93 bits per heavy atom. The summed E-state index contributed by atoms with van der Waals surface area (Å²) < 4.78 is 63.7.